The second-order valence-electron chi connectivity index (χ2n) is 5.98. The van der Waals surface area contributed by atoms with Crippen LogP contribution in [0.5, 0.6) is 0 Å². The van der Waals surface area contributed by atoms with Crippen molar-refractivity contribution in [2.24, 2.45) is 5.73 Å². The molecule has 0 saturated carbocycles. The molecule has 1 aliphatic heterocycles. The molecule has 4 nitrogen and oxygen atoms in total. The second-order valence-corrected chi connectivity index (χ2v) is 5.98. The zero-order valence-corrected chi connectivity index (χ0v) is 12.6. The van der Waals surface area contributed by atoms with Gasteiger partial charge in [-0.25, -0.2) is 0 Å². The predicted octanol–water partition coefficient (Wildman–Crippen LogP) is 2.00. The molecule has 2 atom stereocenters. The van der Waals surface area contributed by atoms with Crippen molar-refractivity contribution in [3.8, 4) is 0 Å². The summed E-state index contributed by atoms with van der Waals surface area (Å²) in [5.41, 5.74) is 6.19. The topological polar surface area (TPSA) is 45.6 Å². The van der Waals surface area contributed by atoms with Crippen molar-refractivity contribution in [2.45, 2.75) is 44.8 Å². The average molecular weight is 265 g/mol. The lowest BCUT2D eigenvalue weighted by atomic mass is 9.98. The van der Waals surface area contributed by atoms with Gasteiger partial charge in [0.1, 0.15) is 11.5 Å². The van der Waals surface area contributed by atoms with Crippen molar-refractivity contribution < 1.29 is 4.42 Å². The zero-order chi connectivity index (χ0) is 14.0. The molecule has 2 N–H and O–H groups in total. The molecule has 0 bridgehead atoms. The molecular formula is C15H27N3O. The van der Waals surface area contributed by atoms with Gasteiger partial charge in [-0.1, -0.05) is 0 Å². The molecular weight excluding hydrogens is 238 g/mol. The summed E-state index contributed by atoms with van der Waals surface area (Å²) in [6, 6.07) is 5.08. The number of hydrogen-bond acceptors (Lipinski definition) is 4. The largest absolute Gasteiger partial charge is 0.465 e. The first-order valence-corrected chi connectivity index (χ1v) is 7.21. The average Bonchev–Trinajstić information content (AvgIpc) is 2.76. The number of piperidine rings is 1. The summed E-state index contributed by atoms with van der Waals surface area (Å²) in [4.78, 5) is 4.80. The molecule has 1 saturated heterocycles. The zero-order valence-electron chi connectivity index (χ0n) is 12.6. The number of rotatable bonds is 4. The molecule has 0 aromatic carbocycles. The van der Waals surface area contributed by atoms with Gasteiger partial charge in [0, 0.05) is 25.2 Å². The molecule has 2 rings (SSSR count). The van der Waals surface area contributed by atoms with E-state index in [4.69, 9.17) is 10.2 Å². The Bertz CT molecular complexity index is 392. The van der Waals surface area contributed by atoms with Crippen LogP contribution in [-0.4, -0.2) is 49.1 Å². The van der Waals surface area contributed by atoms with E-state index in [0.717, 1.165) is 24.6 Å². The van der Waals surface area contributed by atoms with Crippen molar-refractivity contribution in [2.75, 3.05) is 27.2 Å². The first-order valence-electron chi connectivity index (χ1n) is 7.21. The van der Waals surface area contributed by atoms with Gasteiger partial charge in [-0.3, -0.25) is 4.90 Å². The number of aryl methyl sites for hydroxylation is 1. The lowest BCUT2D eigenvalue weighted by Crippen LogP contribution is -2.47. The van der Waals surface area contributed by atoms with Gasteiger partial charge in [0.15, 0.2) is 0 Å². The van der Waals surface area contributed by atoms with E-state index in [1.165, 1.54) is 12.8 Å². The minimum atomic E-state index is 0.0847. The smallest absolute Gasteiger partial charge is 0.122 e. The van der Waals surface area contributed by atoms with Crippen molar-refractivity contribution in [1.82, 2.24) is 9.80 Å². The third kappa shape index (κ3) is 3.38. The minimum absolute atomic E-state index is 0.0847. The number of nitrogens with two attached hydrogens (primary N) is 1. The molecule has 0 aliphatic carbocycles. The minimum Gasteiger partial charge on any atom is -0.465 e. The van der Waals surface area contributed by atoms with E-state index in [0.29, 0.717) is 6.04 Å². The van der Waals surface area contributed by atoms with E-state index in [1.54, 1.807) is 0 Å². The fourth-order valence-electron chi connectivity index (χ4n) is 3.06. The van der Waals surface area contributed by atoms with Crippen molar-refractivity contribution in [1.29, 1.82) is 0 Å². The van der Waals surface area contributed by atoms with Gasteiger partial charge < -0.3 is 15.1 Å². The van der Waals surface area contributed by atoms with Crippen LogP contribution in [0.1, 0.15) is 37.3 Å². The van der Waals surface area contributed by atoms with Gasteiger partial charge >= 0.3 is 0 Å². The summed E-state index contributed by atoms with van der Waals surface area (Å²) in [7, 11) is 4.33. The first kappa shape index (κ1) is 14.6. The molecule has 108 valence electrons. The maximum atomic E-state index is 6.19. The first-order chi connectivity index (χ1) is 8.99. The Labute approximate surface area is 116 Å². The highest BCUT2D eigenvalue weighted by atomic mass is 16.3. The van der Waals surface area contributed by atoms with Gasteiger partial charge in [-0.2, -0.15) is 0 Å². The Hall–Kier alpha value is -0.840. The summed E-state index contributed by atoms with van der Waals surface area (Å²) in [5, 5.41) is 0. The SMILES string of the molecule is Cc1ccc(C(C(C)N)N2CCC(N(C)C)CC2)o1. The van der Waals surface area contributed by atoms with Crippen LogP contribution in [0, 0.1) is 6.92 Å². The Morgan fingerprint density at radius 1 is 1.32 bits per heavy atom. The van der Waals surface area contributed by atoms with Gasteiger partial charge in [0.05, 0.1) is 6.04 Å². The van der Waals surface area contributed by atoms with Crippen LogP contribution in [0.3, 0.4) is 0 Å². The third-order valence-corrected chi connectivity index (χ3v) is 4.17. The molecule has 1 aliphatic rings. The molecule has 0 amide bonds. The van der Waals surface area contributed by atoms with Crippen molar-refractivity contribution in [3.05, 3.63) is 23.7 Å². The molecule has 2 unspecified atom stereocenters. The Morgan fingerprint density at radius 2 is 1.95 bits per heavy atom. The summed E-state index contributed by atoms with van der Waals surface area (Å²) in [6.07, 6.45) is 2.41. The van der Waals surface area contributed by atoms with Crippen LogP contribution in [-0.2, 0) is 0 Å². The standard InChI is InChI=1S/C15H27N3O/c1-11-5-6-14(19-11)15(12(2)16)18-9-7-13(8-10-18)17(3)4/h5-6,12-13,15H,7-10,16H2,1-4H3. The van der Waals surface area contributed by atoms with Crippen LogP contribution < -0.4 is 5.73 Å². The molecule has 2 heterocycles. The number of hydrogen-bond donors (Lipinski definition) is 1. The van der Waals surface area contributed by atoms with Crippen LogP contribution in [0.25, 0.3) is 0 Å². The summed E-state index contributed by atoms with van der Waals surface area (Å²) >= 11 is 0. The van der Waals surface area contributed by atoms with E-state index in [9.17, 15) is 0 Å². The molecule has 0 radical (unpaired) electrons. The fourth-order valence-corrected chi connectivity index (χ4v) is 3.06. The fraction of sp³-hybridized carbons (Fsp3) is 0.733. The normalized spacial score (nSPS) is 21.8. The summed E-state index contributed by atoms with van der Waals surface area (Å²) in [6.45, 7) is 6.24. The van der Waals surface area contributed by atoms with Gasteiger partial charge in [-0.15, -0.1) is 0 Å². The van der Waals surface area contributed by atoms with E-state index < -0.39 is 0 Å². The van der Waals surface area contributed by atoms with E-state index in [1.807, 2.05) is 13.0 Å². The molecule has 1 aromatic heterocycles. The monoisotopic (exact) mass is 265 g/mol. The van der Waals surface area contributed by atoms with Crippen LogP contribution in [0.4, 0.5) is 0 Å². The Balaban J connectivity index is 2.05. The second kappa shape index (κ2) is 6.07. The molecule has 1 fully saturated rings. The van der Waals surface area contributed by atoms with Crippen molar-refractivity contribution >= 4 is 0 Å². The van der Waals surface area contributed by atoms with E-state index in [2.05, 4.69) is 36.9 Å². The van der Waals surface area contributed by atoms with Gasteiger partial charge in [0.2, 0.25) is 0 Å². The number of furan rings is 1. The molecule has 4 heteroatoms. The number of likely N-dealkylation sites (tertiary alicyclic amines) is 1. The number of nitrogens with zero attached hydrogens (tertiary/aromatic N) is 2. The maximum absolute atomic E-state index is 6.19. The summed E-state index contributed by atoms with van der Waals surface area (Å²) < 4.78 is 5.80. The van der Waals surface area contributed by atoms with E-state index in [-0.39, 0.29) is 12.1 Å². The predicted molar refractivity (Wildman–Crippen MR) is 78.1 cm³/mol. The van der Waals surface area contributed by atoms with E-state index >= 15 is 0 Å². The maximum Gasteiger partial charge on any atom is 0.122 e. The highest BCUT2D eigenvalue weighted by Crippen LogP contribution is 2.29. The van der Waals surface area contributed by atoms with Gasteiger partial charge in [-0.05, 0) is 52.9 Å². The van der Waals surface area contributed by atoms with Crippen LogP contribution >= 0.6 is 0 Å². The quantitative estimate of drug-likeness (QED) is 0.904. The van der Waals surface area contributed by atoms with Crippen LogP contribution in [0.15, 0.2) is 16.5 Å². The third-order valence-electron chi connectivity index (χ3n) is 4.17. The van der Waals surface area contributed by atoms with Gasteiger partial charge in [0.25, 0.3) is 0 Å². The highest BCUT2D eigenvalue weighted by Gasteiger charge is 2.30. The Morgan fingerprint density at radius 3 is 2.37 bits per heavy atom. The lowest BCUT2D eigenvalue weighted by molar-refractivity contribution is 0.0873. The molecule has 1 aromatic rings. The summed E-state index contributed by atoms with van der Waals surface area (Å²) in [5.74, 6) is 1.97. The lowest BCUT2D eigenvalue weighted by Gasteiger charge is -2.40. The molecule has 19 heavy (non-hydrogen) atoms. The highest BCUT2D eigenvalue weighted by molar-refractivity contribution is 5.12. The Kier molecular flexibility index (Phi) is 4.66. The van der Waals surface area contributed by atoms with Crippen LogP contribution in [0.2, 0.25) is 0 Å². The molecule has 0 spiro atoms. The van der Waals surface area contributed by atoms with Crippen molar-refractivity contribution in [3.63, 3.8) is 0 Å².